The summed E-state index contributed by atoms with van der Waals surface area (Å²) in [6.07, 6.45) is 1.11. The van der Waals surface area contributed by atoms with E-state index in [2.05, 4.69) is 29.6 Å². The minimum Gasteiger partial charge on any atom is -0.508 e. The Labute approximate surface area is 117 Å². The molecule has 0 spiro atoms. The maximum atomic E-state index is 10.2. The van der Waals surface area contributed by atoms with Crippen molar-refractivity contribution in [1.82, 2.24) is 5.32 Å². The second-order valence-corrected chi connectivity index (χ2v) is 5.97. The van der Waals surface area contributed by atoms with Gasteiger partial charge in [0.2, 0.25) is 0 Å². The maximum absolute atomic E-state index is 10.2. The van der Waals surface area contributed by atoms with Crippen LogP contribution >= 0.6 is 11.8 Å². The van der Waals surface area contributed by atoms with Gasteiger partial charge in [-0.1, -0.05) is 36.0 Å². The molecule has 0 amide bonds. The average Bonchev–Trinajstić information content (AvgIpc) is 2.94. The molecule has 1 fully saturated rings. The molecule has 0 aliphatic carbocycles. The molecule has 3 heteroatoms. The van der Waals surface area contributed by atoms with Gasteiger partial charge in [-0.05, 0) is 42.8 Å². The van der Waals surface area contributed by atoms with E-state index in [0.29, 0.717) is 11.7 Å². The van der Waals surface area contributed by atoms with Crippen LogP contribution in [0.15, 0.2) is 58.3 Å². The highest BCUT2D eigenvalue weighted by atomic mass is 32.2. The van der Waals surface area contributed by atoms with Crippen molar-refractivity contribution >= 4 is 11.8 Å². The van der Waals surface area contributed by atoms with E-state index in [0.717, 1.165) is 30.0 Å². The number of aromatic hydroxyl groups is 1. The first-order chi connectivity index (χ1) is 9.33. The number of phenols is 1. The molecule has 1 saturated heterocycles. The van der Waals surface area contributed by atoms with Gasteiger partial charge in [0.05, 0.1) is 0 Å². The van der Waals surface area contributed by atoms with Gasteiger partial charge >= 0.3 is 0 Å². The van der Waals surface area contributed by atoms with Crippen molar-refractivity contribution in [2.45, 2.75) is 22.1 Å². The summed E-state index contributed by atoms with van der Waals surface area (Å²) in [7, 11) is 0. The third kappa shape index (κ3) is 2.94. The van der Waals surface area contributed by atoms with E-state index in [9.17, 15) is 5.11 Å². The lowest BCUT2D eigenvalue weighted by molar-refractivity contribution is 0.461. The van der Waals surface area contributed by atoms with E-state index in [1.54, 1.807) is 11.8 Å². The zero-order chi connectivity index (χ0) is 13.1. The van der Waals surface area contributed by atoms with Gasteiger partial charge in [-0.25, -0.2) is 0 Å². The molecule has 2 aromatic rings. The molecule has 0 bridgehead atoms. The molecule has 1 aliphatic rings. The van der Waals surface area contributed by atoms with Gasteiger partial charge in [-0.15, -0.1) is 0 Å². The van der Waals surface area contributed by atoms with Gasteiger partial charge in [0.25, 0.3) is 0 Å². The number of nitrogens with one attached hydrogen (secondary N) is 1. The third-order valence-corrected chi connectivity index (χ3v) is 4.48. The molecule has 1 atom stereocenters. The number of phenolic OH excluding ortho intramolecular Hbond substituents is 1. The minimum atomic E-state index is 0.426. The summed E-state index contributed by atoms with van der Waals surface area (Å²) in [5.74, 6) is 0.880. The van der Waals surface area contributed by atoms with E-state index < -0.39 is 0 Å². The Hall–Kier alpha value is -1.45. The van der Waals surface area contributed by atoms with Gasteiger partial charge in [0.1, 0.15) is 5.75 Å². The maximum Gasteiger partial charge on any atom is 0.120 e. The topological polar surface area (TPSA) is 32.3 Å². The lowest BCUT2D eigenvalue weighted by Crippen LogP contribution is -2.08. The van der Waals surface area contributed by atoms with E-state index in [-0.39, 0.29) is 0 Å². The highest BCUT2D eigenvalue weighted by Gasteiger charge is 2.19. The Kier molecular flexibility index (Phi) is 3.76. The Morgan fingerprint density at radius 1 is 1.05 bits per heavy atom. The molecule has 0 saturated carbocycles. The number of benzene rings is 2. The fourth-order valence-electron chi connectivity index (χ4n) is 2.48. The van der Waals surface area contributed by atoms with Crippen LogP contribution in [-0.4, -0.2) is 18.2 Å². The molecule has 1 unspecified atom stereocenters. The van der Waals surface area contributed by atoms with E-state index in [1.807, 2.05) is 24.3 Å². The fraction of sp³-hybridized carbons (Fsp3) is 0.250. The van der Waals surface area contributed by atoms with Gasteiger partial charge < -0.3 is 10.4 Å². The van der Waals surface area contributed by atoms with Crippen molar-refractivity contribution in [1.29, 1.82) is 0 Å². The van der Waals surface area contributed by atoms with Crippen LogP contribution in [0.1, 0.15) is 17.9 Å². The molecule has 1 heterocycles. The van der Waals surface area contributed by atoms with Crippen LogP contribution in [0.4, 0.5) is 0 Å². The van der Waals surface area contributed by atoms with Crippen molar-refractivity contribution in [2.24, 2.45) is 0 Å². The molecule has 2 nitrogen and oxygen atoms in total. The van der Waals surface area contributed by atoms with Gasteiger partial charge in [-0.2, -0.15) is 0 Å². The van der Waals surface area contributed by atoms with Crippen LogP contribution in [0.2, 0.25) is 0 Å². The van der Waals surface area contributed by atoms with E-state index in [1.165, 1.54) is 4.90 Å². The molecule has 0 aromatic heterocycles. The predicted octanol–water partition coefficient (Wildman–Crippen LogP) is 3.62. The first kappa shape index (κ1) is 12.6. The molecule has 1 aliphatic heterocycles. The van der Waals surface area contributed by atoms with Crippen molar-refractivity contribution in [3.63, 3.8) is 0 Å². The zero-order valence-corrected chi connectivity index (χ0v) is 11.5. The molecule has 2 N–H and O–H groups in total. The summed E-state index contributed by atoms with van der Waals surface area (Å²) < 4.78 is 0. The monoisotopic (exact) mass is 271 g/mol. The Balaban J connectivity index is 1.79. The molecular formula is C16H17NOS. The van der Waals surface area contributed by atoms with Crippen molar-refractivity contribution in [3.8, 4) is 5.75 Å². The van der Waals surface area contributed by atoms with Crippen LogP contribution in [0, 0.1) is 0 Å². The number of rotatable bonds is 3. The first-order valence-electron chi connectivity index (χ1n) is 6.59. The molecule has 19 heavy (non-hydrogen) atoms. The van der Waals surface area contributed by atoms with Crippen LogP contribution in [0.3, 0.4) is 0 Å². The van der Waals surface area contributed by atoms with E-state index in [4.69, 9.17) is 0 Å². The van der Waals surface area contributed by atoms with E-state index >= 15 is 0 Å². The van der Waals surface area contributed by atoms with Crippen LogP contribution < -0.4 is 5.32 Å². The molecule has 2 aromatic carbocycles. The minimum absolute atomic E-state index is 0.426. The van der Waals surface area contributed by atoms with Gasteiger partial charge in [0.15, 0.2) is 0 Å². The highest BCUT2D eigenvalue weighted by molar-refractivity contribution is 7.99. The summed E-state index contributed by atoms with van der Waals surface area (Å²) in [5.41, 5.74) is 1.07. The Morgan fingerprint density at radius 2 is 1.89 bits per heavy atom. The number of hydrogen-bond donors (Lipinski definition) is 2. The summed E-state index contributed by atoms with van der Waals surface area (Å²) >= 11 is 1.68. The summed E-state index contributed by atoms with van der Waals surface area (Å²) in [6.45, 7) is 2.02. The van der Waals surface area contributed by atoms with Crippen LogP contribution in [0.5, 0.6) is 5.75 Å². The van der Waals surface area contributed by atoms with Gasteiger partial charge in [-0.3, -0.25) is 0 Å². The van der Waals surface area contributed by atoms with Crippen LogP contribution in [-0.2, 0) is 0 Å². The lowest BCUT2D eigenvalue weighted by atomic mass is 9.98. The molecular weight excluding hydrogens is 254 g/mol. The Bertz CT molecular complexity index is 550. The average molecular weight is 271 g/mol. The quantitative estimate of drug-likeness (QED) is 0.894. The molecule has 3 rings (SSSR count). The fourth-order valence-corrected chi connectivity index (χ4v) is 3.35. The van der Waals surface area contributed by atoms with Crippen molar-refractivity contribution in [2.75, 3.05) is 13.1 Å². The van der Waals surface area contributed by atoms with Crippen molar-refractivity contribution in [3.05, 3.63) is 54.1 Å². The normalized spacial score (nSPS) is 18.6. The largest absolute Gasteiger partial charge is 0.508 e. The summed E-state index contributed by atoms with van der Waals surface area (Å²) in [6, 6.07) is 16.3. The van der Waals surface area contributed by atoms with Gasteiger partial charge in [0, 0.05) is 22.3 Å². The smallest absolute Gasteiger partial charge is 0.120 e. The van der Waals surface area contributed by atoms with Crippen LogP contribution in [0.25, 0.3) is 0 Å². The third-order valence-electron chi connectivity index (χ3n) is 3.48. The first-order valence-corrected chi connectivity index (χ1v) is 7.41. The lowest BCUT2D eigenvalue weighted by Gasteiger charge is -2.12. The van der Waals surface area contributed by atoms with Crippen molar-refractivity contribution < 1.29 is 5.11 Å². The second-order valence-electron chi connectivity index (χ2n) is 4.83. The predicted molar refractivity (Wildman–Crippen MR) is 78.9 cm³/mol. The standard InChI is InChI=1S/C16H17NOS/c18-16-10-14(19-13-4-2-1-3-5-13)6-7-15(16)12-8-9-17-11-12/h1-7,10,12,17-18H,8-9,11H2. The highest BCUT2D eigenvalue weighted by Crippen LogP contribution is 2.35. The molecule has 0 radical (unpaired) electrons. The SMILES string of the molecule is Oc1cc(Sc2ccccc2)ccc1C1CCNC1. The summed E-state index contributed by atoms with van der Waals surface area (Å²) in [5, 5.41) is 13.5. The summed E-state index contributed by atoms with van der Waals surface area (Å²) in [4.78, 5) is 2.27. The Morgan fingerprint density at radius 3 is 2.58 bits per heavy atom. The molecule has 98 valence electrons. The second kappa shape index (κ2) is 5.68. The zero-order valence-electron chi connectivity index (χ0n) is 10.7. The number of hydrogen-bond acceptors (Lipinski definition) is 3.